The Bertz CT molecular complexity index is 853. The van der Waals surface area contributed by atoms with E-state index in [9.17, 15) is 0 Å². The van der Waals surface area contributed by atoms with E-state index in [1.807, 2.05) is 24.4 Å². The minimum atomic E-state index is 0.626. The molecule has 3 heterocycles. The number of thiophene rings is 1. The van der Waals surface area contributed by atoms with E-state index >= 15 is 0 Å². The van der Waals surface area contributed by atoms with Crippen molar-refractivity contribution < 1.29 is 4.74 Å². The third kappa shape index (κ3) is 2.04. The molecule has 4 rings (SSSR count). The highest BCUT2D eigenvalue weighted by Crippen LogP contribution is 2.34. The monoisotopic (exact) mass is 306 g/mol. The number of pyridine rings is 1. The van der Waals surface area contributed by atoms with Crippen LogP contribution >= 0.6 is 11.3 Å². The van der Waals surface area contributed by atoms with Crippen molar-refractivity contribution in [2.45, 2.75) is 6.54 Å². The summed E-state index contributed by atoms with van der Waals surface area (Å²) >= 11 is 1.70. The molecular formula is C18H14N2OS. The Labute approximate surface area is 133 Å². The van der Waals surface area contributed by atoms with Crippen LogP contribution in [0.5, 0.6) is 5.75 Å². The molecule has 0 N–H and O–H groups in total. The number of aliphatic imine (C=N–C) groups is 1. The molecule has 0 spiro atoms. The number of hydrogen-bond donors (Lipinski definition) is 0. The van der Waals surface area contributed by atoms with Gasteiger partial charge in [0.2, 0.25) is 0 Å². The van der Waals surface area contributed by atoms with Crippen molar-refractivity contribution in [1.82, 2.24) is 4.98 Å². The Kier molecular flexibility index (Phi) is 3.24. The van der Waals surface area contributed by atoms with E-state index in [-0.39, 0.29) is 0 Å². The van der Waals surface area contributed by atoms with Crippen LogP contribution in [0.4, 0.5) is 0 Å². The molecule has 0 fully saturated rings. The van der Waals surface area contributed by atoms with Crippen LogP contribution in [0.15, 0.2) is 58.3 Å². The highest BCUT2D eigenvalue weighted by Gasteiger charge is 2.24. The fourth-order valence-electron chi connectivity index (χ4n) is 2.84. The maximum Gasteiger partial charge on any atom is 0.128 e. The lowest BCUT2D eigenvalue weighted by Crippen LogP contribution is -2.06. The predicted octanol–water partition coefficient (Wildman–Crippen LogP) is 4.17. The summed E-state index contributed by atoms with van der Waals surface area (Å²) in [5.41, 5.74) is 6.56. The van der Waals surface area contributed by atoms with Crippen molar-refractivity contribution in [3.63, 3.8) is 0 Å². The molecule has 0 amide bonds. The molecule has 0 saturated heterocycles. The number of ether oxygens (including phenoxy) is 1. The summed E-state index contributed by atoms with van der Waals surface area (Å²) in [6.07, 6.45) is 1.87. The third-order valence-electron chi connectivity index (χ3n) is 3.85. The molecule has 108 valence electrons. The second kappa shape index (κ2) is 5.39. The lowest BCUT2D eigenvalue weighted by atomic mass is 9.95. The average Bonchev–Trinajstić information content (AvgIpc) is 3.24. The molecule has 0 saturated carbocycles. The molecule has 2 aromatic heterocycles. The quantitative estimate of drug-likeness (QED) is 0.728. The first-order valence-corrected chi connectivity index (χ1v) is 8.01. The Balaban J connectivity index is 1.92. The standard InChI is InChI=1S/C18H14N2OS/c1-21-16-5-3-2-4-14(16)18-17-13(12-7-9-22-11-12)6-8-19-15(17)10-20-18/h2-9,11H,10H2,1H3. The Morgan fingerprint density at radius 3 is 2.82 bits per heavy atom. The van der Waals surface area contributed by atoms with Crippen molar-refractivity contribution in [3.05, 3.63) is 70.2 Å². The molecule has 1 aliphatic rings. The zero-order chi connectivity index (χ0) is 14.9. The molecule has 0 aliphatic carbocycles. The number of rotatable bonds is 3. The van der Waals surface area contributed by atoms with Crippen LogP contribution < -0.4 is 4.74 Å². The van der Waals surface area contributed by atoms with Gasteiger partial charge in [-0.2, -0.15) is 11.3 Å². The SMILES string of the molecule is COc1ccccc1C1=NCc2nccc(-c3ccsc3)c21. The van der Waals surface area contributed by atoms with Gasteiger partial charge in [0.15, 0.2) is 0 Å². The van der Waals surface area contributed by atoms with Gasteiger partial charge in [-0.1, -0.05) is 12.1 Å². The minimum Gasteiger partial charge on any atom is -0.496 e. The average molecular weight is 306 g/mol. The molecule has 0 radical (unpaired) electrons. The Morgan fingerprint density at radius 2 is 2.00 bits per heavy atom. The van der Waals surface area contributed by atoms with E-state index in [0.29, 0.717) is 6.54 Å². The van der Waals surface area contributed by atoms with Gasteiger partial charge in [-0.25, -0.2) is 0 Å². The van der Waals surface area contributed by atoms with Gasteiger partial charge in [-0.05, 0) is 46.2 Å². The number of benzene rings is 1. The van der Waals surface area contributed by atoms with E-state index in [2.05, 4.69) is 33.9 Å². The number of methoxy groups -OCH3 is 1. The van der Waals surface area contributed by atoms with Crippen LogP contribution in [0, 0.1) is 0 Å². The van der Waals surface area contributed by atoms with Gasteiger partial charge in [0.25, 0.3) is 0 Å². The van der Waals surface area contributed by atoms with E-state index in [0.717, 1.165) is 28.3 Å². The maximum absolute atomic E-state index is 5.50. The molecule has 3 aromatic rings. The highest BCUT2D eigenvalue weighted by atomic mass is 32.1. The summed E-state index contributed by atoms with van der Waals surface area (Å²) in [5.74, 6) is 0.842. The van der Waals surface area contributed by atoms with Gasteiger partial charge < -0.3 is 4.74 Å². The summed E-state index contributed by atoms with van der Waals surface area (Å²) < 4.78 is 5.50. The van der Waals surface area contributed by atoms with Crippen LogP contribution in [0.25, 0.3) is 11.1 Å². The van der Waals surface area contributed by atoms with Gasteiger partial charge in [0, 0.05) is 17.3 Å². The molecule has 1 aromatic carbocycles. The van der Waals surface area contributed by atoms with Gasteiger partial charge in [0.05, 0.1) is 25.1 Å². The number of fused-ring (bicyclic) bond motifs is 1. The van der Waals surface area contributed by atoms with Crippen LogP contribution in [0.3, 0.4) is 0 Å². The second-order valence-electron chi connectivity index (χ2n) is 5.06. The van der Waals surface area contributed by atoms with Crippen LogP contribution in [0.1, 0.15) is 16.8 Å². The number of nitrogens with zero attached hydrogens (tertiary/aromatic N) is 2. The summed E-state index contributed by atoms with van der Waals surface area (Å²) in [7, 11) is 1.69. The Morgan fingerprint density at radius 1 is 1.09 bits per heavy atom. The zero-order valence-corrected chi connectivity index (χ0v) is 12.9. The molecule has 0 bridgehead atoms. The van der Waals surface area contributed by atoms with Gasteiger partial charge >= 0.3 is 0 Å². The third-order valence-corrected chi connectivity index (χ3v) is 4.53. The molecule has 4 heteroatoms. The van der Waals surface area contributed by atoms with Gasteiger partial charge in [-0.15, -0.1) is 0 Å². The normalized spacial score (nSPS) is 12.9. The fraction of sp³-hybridized carbons (Fsp3) is 0.111. The largest absolute Gasteiger partial charge is 0.496 e. The predicted molar refractivity (Wildman–Crippen MR) is 89.9 cm³/mol. The van der Waals surface area contributed by atoms with Crippen molar-refractivity contribution >= 4 is 17.0 Å². The zero-order valence-electron chi connectivity index (χ0n) is 12.1. The van der Waals surface area contributed by atoms with E-state index in [1.54, 1.807) is 18.4 Å². The second-order valence-corrected chi connectivity index (χ2v) is 5.84. The van der Waals surface area contributed by atoms with Crippen molar-refractivity contribution in [1.29, 1.82) is 0 Å². The maximum atomic E-state index is 5.50. The number of para-hydroxylation sites is 1. The molecule has 1 aliphatic heterocycles. The van der Waals surface area contributed by atoms with Crippen LogP contribution in [0.2, 0.25) is 0 Å². The summed E-state index contributed by atoms with van der Waals surface area (Å²) in [4.78, 5) is 9.24. The van der Waals surface area contributed by atoms with Gasteiger partial charge in [-0.3, -0.25) is 9.98 Å². The van der Waals surface area contributed by atoms with Crippen LogP contribution in [-0.4, -0.2) is 17.8 Å². The fourth-order valence-corrected chi connectivity index (χ4v) is 3.50. The lowest BCUT2D eigenvalue weighted by molar-refractivity contribution is 0.414. The van der Waals surface area contributed by atoms with E-state index in [4.69, 9.17) is 9.73 Å². The molecule has 0 atom stereocenters. The number of hydrogen-bond acceptors (Lipinski definition) is 4. The first kappa shape index (κ1) is 13.2. The summed E-state index contributed by atoms with van der Waals surface area (Å²) in [6.45, 7) is 0.626. The highest BCUT2D eigenvalue weighted by molar-refractivity contribution is 7.08. The molecule has 0 unspecified atom stereocenters. The smallest absolute Gasteiger partial charge is 0.128 e. The van der Waals surface area contributed by atoms with Crippen molar-refractivity contribution in [3.8, 4) is 16.9 Å². The summed E-state index contributed by atoms with van der Waals surface area (Å²) in [6, 6.07) is 12.2. The molecule has 3 nitrogen and oxygen atoms in total. The molecular weight excluding hydrogens is 292 g/mol. The van der Waals surface area contributed by atoms with E-state index in [1.165, 1.54) is 11.1 Å². The first-order valence-electron chi connectivity index (χ1n) is 7.07. The lowest BCUT2D eigenvalue weighted by Gasteiger charge is -2.12. The molecule has 22 heavy (non-hydrogen) atoms. The minimum absolute atomic E-state index is 0.626. The van der Waals surface area contributed by atoms with E-state index < -0.39 is 0 Å². The van der Waals surface area contributed by atoms with Gasteiger partial charge in [0.1, 0.15) is 5.75 Å². The number of aromatic nitrogens is 1. The van der Waals surface area contributed by atoms with Crippen LogP contribution in [-0.2, 0) is 6.54 Å². The first-order chi connectivity index (χ1) is 10.9. The van der Waals surface area contributed by atoms with Crippen molar-refractivity contribution in [2.75, 3.05) is 7.11 Å². The topological polar surface area (TPSA) is 34.5 Å². The Hall–Kier alpha value is -2.46. The summed E-state index contributed by atoms with van der Waals surface area (Å²) in [5, 5.41) is 4.25. The van der Waals surface area contributed by atoms with Crippen molar-refractivity contribution in [2.24, 2.45) is 4.99 Å².